The number of nitrogens with zero attached hydrogens (tertiary/aromatic N) is 3. The molecule has 1 N–H and O–H groups in total. The molecular formula is C18H29N3O3. The number of aryl methyl sites for hydroxylation is 2. The number of aliphatic carboxylic acids is 1. The van der Waals surface area contributed by atoms with Gasteiger partial charge < -0.3 is 10.0 Å². The van der Waals surface area contributed by atoms with Crippen LogP contribution in [0.5, 0.6) is 0 Å². The van der Waals surface area contributed by atoms with Crippen LogP contribution in [0, 0.1) is 25.7 Å². The van der Waals surface area contributed by atoms with E-state index in [9.17, 15) is 9.59 Å². The minimum absolute atomic E-state index is 0.0789. The summed E-state index contributed by atoms with van der Waals surface area (Å²) in [6, 6.07) is 0. The van der Waals surface area contributed by atoms with E-state index in [1.54, 1.807) is 0 Å². The third kappa shape index (κ3) is 4.36. The Kier molecular flexibility index (Phi) is 6.02. The molecule has 1 saturated heterocycles. The van der Waals surface area contributed by atoms with Crippen molar-refractivity contribution in [3.63, 3.8) is 0 Å². The van der Waals surface area contributed by atoms with Crippen molar-refractivity contribution in [2.24, 2.45) is 18.9 Å². The molecule has 6 heteroatoms. The quantitative estimate of drug-likeness (QED) is 0.865. The molecule has 2 rings (SSSR count). The highest BCUT2D eigenvalue weighted by atomic mass is 16.4. The second kappa shape index (κ2) is 7.81. The van der Waals surface area contributed by atoms with Crippen LogP contribution in [0.4, 0.5) is 0 Å². The average molecular weight is 335 g/mol. The number of hydrogen-bond acceptors (Lipinski definition) is 3. The standard InChI is InChI=1S/C18H29N3O3/c1-12(10-16-13(2)19-20(4)14(16)3)18(24)21-9-5-6-15(11-21)7-8-17(22)23/h12,15H,5-11H2,1-4H3,(H,22,23)/t12-,15+/m0/s1. The fourth-order valence-corrected chi connectivity index (χ4v) is 3.65. The van der Waals surface area contributed by atoms with Crippen molar-refractivity contribution >= 4 is 11.9 Å². The van der Waals surface area contributed by atoms with Crippen LogP contribution in [-0.4, -0.2) is 44.8 Å². The maximum Gasteiger partial charge on any atom is 0.303 e. The van der Waals surface area contributed by atoms with E-state index < -0.39 is 5.97 Å². The van der Waals surface area contributed by atoms with Crippen molar-refractivity contribution in [3.8, 4) is 0 Å². The Hall–Kier alpha value is -1.85. The third-order valence-electron chi connectivity index (χ3n) is 5.19. The van der Waals surface area contributed by atoms with Crippen molar-refractivity contribution in [2.45, 2.75) is 52.9 Å². The Morgan fingerprint density at radius 3 is 2.67 bits per heavy atom. The molecule has 1 amide bonds. The Morgan fingerprint density at radius 1 is 1.38 bits per heavy atom. The largest absolute Gasteiger partial charge is 0.481 e. The number of hydrogen-bond donors (Lipinski definition) is 1. The van der Waals surface area contributed by atoms with E-state index in [1.165, 1.54) is 0 Å². The van der Waals surface area contributed by atoms with Crippen LogP contribution >= 0.6 is 0 Å². The number of carbonyl (C=O) groups excluding carboxylic acids is 1. The number of likely N-dealkylation sites (tertiary alicyclic amines) is 1. The molecule has 0 unspecified atom stereocenters. The first-order chi connectivity index (χ1) is 11.3. The molecule has 0 aromatic carbocycles. The van der Waals surface area contributed by atoms with Crippen LogP contribution in [0.2, 0.25) is 0 Å². The number of carboxylic acids is 1. The molecule has 2 heterocycles. The van der Waals surface area contributed by atoms with Gasteiger partial charge in [0, 0.05) is 38.2 Å². The molecule has 0 spiro atoms. The zero-order chi connectivity index (χ0) is 17.9. The van der Waals surface area contributed by atoms with E-state index in [0.717, 1.165) is 36.3 Å². The minimum Gasteiger partial charge on any atom is -0.481 e. The van der Waals surface area contributed by atoms with Crippen LogP contribution in [0.3, 0.4) is 0 Å². The first-order valence-corrected chi connectivity index (χ1v) is 8.79. The summed E-state index contributed by atoms with van der Waals surface area (Å²) in [5, 5.41) is 13.3. The monoisotopic (exact) mass is 335 g/mol. The smallest absolute Gasteiger partial charge is 0.303 e. The van der Waals surface area contributed by atoms with Crippen LogP contribution in [0.25, 0.3) is 0 Å². The minimum atomic E-state index is -0.755. The van der Waals surface area contributed by atoms with Crippen LogP contribution < -0.4 is 0 Å². The number of aromatic nitrogens is 2. The summed E-state index contributed by atoms with van der Waals surface area (Å²) in [5.41, 5.74) is 3.27. The number of carboxylic acid groups (broad SMARTS) is 1. The van der Waals surface area contributed by atoms with E-state index in [1.807, 2.05) is 37.4 Å². The van der Waals surface area contributed by atoms with Gasteiger partial charge in [-0.05, 0) is 51.0 Å². The predicted octanol–water partition coefficient (Wildman–Crippen LogP) is 2.32. The summed E-state index contributed by atoms with van der Waals surface area (Å²) in [6.07, 6.45) is 3.55. The van der Waals surface area contributed by atoms with Crippen molar-refractivity contribution < 1.29 is 14.7 Å². The highest BCUT2D eigenvalue weighted by molar-refractivity contribution is 5.79. The van der Waals surface area contributed by atoms with E-state index in [-0.39, 0.29) is 18.2 Å². The van der Waals surface area contributed by atoms with Gasteiger partial charge in [-0.1, -0.05) is 6.92 Å². The maximum absolute atomic E-state index is 12.8. The summed E-state index contributed by atoms with van der Waals surface area (Å²) in [5.74, 6) is -0.343. The molecule has 0 radical (unpaired) electrons. The number of amides is 1. The first kappa shape index (κ1) is 18.5. The van der Waals surface area contributed by atoms with E-state index in [2.05, 4.69) is 5.10 Å². The van der Waals surface area contributed by atoms with Gasteiger partial charge in [-0.3, -0.25) is 14.3 Å². The van der Waals surface area contributed by atoms with Gasteiger partial charge in [-0.2, -0.15) is 5.10 Å². The molecule has 0 bridgehead atoms. The van der Waals surface area contributed by atoms with Gasteiger partial charge >= 0.3 is 5.97 Å². The molecule has 1 aliphatic heterocycles. The van der Waals surface area contributed by atoms with Gasteiger partial charge in [0.25, 0.3) is 0 Å². The lowest BCUT2D eigenvalue weighted by atomic mass is 9.91. The van der Waals surface area contributed by atoms with Gasteiger partial charge in [-0.25, -0.2) is 0 Å². The Bertz CT molecular complexity index is 609. The Balaban J connectivity index is 1.95. The highest BCUT2D eigenvalue weighted by Crippen LogP contribution is 2.24. The summed E-state index contributed by atoms with van der Waals surface area (Å²) in [7, 11) is 1.93. The molecule has 0 saturated carbocycles. The van der Waals surface area contributed by atoms with E-state index >= 15 is 0 Å². The van der Waals surface area contributed by atoms with Crippen molar-refractivity contribution in [1.29, 1.82) is 0 Å². The molecule has 6 nitrogen and oxygen atoms in total. The summed E-state index contributed by atoms with van der Waals surface area (Å²) in [6.45, 7) is 7.49. The van der Waals surface area contributed by atoms with Crippen molar-refractivity contribution in [3.05, 3.63) is 17.0 Å². The van der Waals surface area contributed by atoms with Crippen LogP contribution in [0.15, 0.2) is 0 Å². The van der Waals surface area contributed by atoms with Gasteiger partial charge in [0.2, 0.25) is 5.91 Å². The Morgan fingerprint density at radius 2 is 2.08 bits per heavy atom. The zero-order valence-corrected chi connectivity index (χ0v) is 15.2. The van der Waals surface area contributed by atoms with Gasteiger partial charge in [0.15, 0.2) is 0 Å². The van der Waals surface area contributed by atoms with Crippen LogP contribution in [-0.2, 0) is 23.1 Å². The highest BCUT2D eigenvalue weighted by Gasteiger charge is 2.28. The molecule has 1 aromatic rings. The topological polar surface area (TPSA) is 75.4 Å². The van der Waals surface area contributed by atoms with Gasteiger partial charge in [0.1, 0.15) is 0 Å². The number of piperidine rings is 1. The SMILES string of the molecule is Cc1nn(C)c(C)c1C[C@H](C)C(=O)N1CCC[C@H](CCC(=O)O)C1. The van der Waals surface area contributed by atoms with Gasteiger partial charge in [0.05, 0.1) is 5.69 Å². The number of rotatable bonds is 6. The summed E-state index contributed by atoms with van der Waals surface area (Å²) >= 11 is 0. The molecule has 134 valence electrons. The normalized spacial score (nSPS) is 19.3. The third-order valence-corrected chi connectivity index (χ3v) is 5.19. The lowest BCUT2D eigenvalue weighted by molar-refractivity contribution is -0.137. The lowest BCUT2D eigenvalue weighted by Crippen LogP contribution is -2.43. The lowest BCUT2D eigenvalue weighted by Gasteiger charge is -2.34. The van der Waals surface area contributed by atoms with Crippen LogP contribution in [0.1, 0.15) is 49.6 Å². The zero-order valence-electron chi connectivity index (χ0n) is 15.2. The van der Waals surface area contributed by atoms with E-state index in [4.69, 9.17) is 5.11 Å². The summed E-state index contributed by atoms with van der Waals surface area (Å²) in [4.78, 5) is 25.5. The Labute approximate surface area is 143 Å². The number of carbonyl (C=O) groups is 2. The molecule has 1 fully saturated rings. The van der Waals surface area contributed by atoms with Crippen molar-refractivity contribution in [2.75, 3.05) is 13.1 Å². The maximum atomic E-state index is 12.8. The van der Waals surface area contributed by atoms with E-state index in [0.29, 0.717) is 25.3 Å². The summed E-state index contributed by atoms with van der Waals surface area (Å²) < 4.78 is 1.87. The fraction of sp³-hybridized carbons (Fsp3) is 0.722. The van der Waals surface area contributed by atoms with Gasteiger partial charge in [-0.15, -0.1) is 0 Å². The second-order valence-corrected chi connectivity index (χ2v) is 7.10. The first-order valence-electron chi connectivity index (χ1n) is 8.79. The molecule has 2 atom stereocenters. The van der Waals surface area contributed by atoms with Crippen molar-refractivity contribution in [1.82, 2.24) is 14.7 Å². The second-order valence-electron chi connectivity index (χ2n) is 7.10. The molecule has 1 aromatic heterocycles. The average Bonchev–Trinajstić information content (AvgIpc) is 2.78. The molecule has 24 heavy (non-hydrogen) atoms. The fourth-order valence-electron chi connectivity index (χ4n) is 3.65. The molecule has 1 aliphatic rings. The predicted molar refractivity (Wildman–Crippen MR) is 91.7 cm³/mol. The molecule has 0 aliphatic carbocycles. The molecular weight excluding hydrogens is 306 g/mol.